The first-order valence-electron chi connectivity index (χ1n) is 10.7. The standard InChI is InChI=1S/C24H20F3N5O3/c25-15-3-1-14(2-4-15)24(35)32-11-7-17(8-12-32)30-23(34)20-21(29-10-9-28-20)31-22(33)18-6-5-16(26)13-19(18)27/h1-6,9-10,13,17H,7-8,11-12H2,(H,30,34)(H,29,31,33). The van der Waals surface area contributed by atoms with Crippen molar-refractivity contribution >= 4 is 23.5 Å². The number of piperidine rings is 1. The number of rotatable bonds is 5. The normalized spacial score (nSPS) is 13.9. The van der Waals surface area contributed by atoms with Crippen LogP contribution in [0.15, 0.2) is 54.9 Å². The summed E-state index contributed by atoms with van der Waals surface area (Å²) in [5.74, 6) is -4.22. The van der Waals surface area contributed by atoms with Crippen LogP contribution in [0.2, 0.25) is 0 Å². The number of hydrogen-bond acceptors (Lipinski definition) is 5. The van der Waals surface area contributed by atoms with Crippen molar-refractivity contribution in [3.63, 3.8) is 0 Å². The fraction of sp³-hybridized carbons (Fsp3) is 0.208. The molecule has 0 aliphatic carbocycles. The minimum Gasteiger partial charge on any atom is -0.348 e. The van der Waals surface area contributed by atoms with Crippen molar-refractivity contribution in [1.82, 2.24) is 20.2 Å². The van der Waals surface area contributed by atoms with E-state index in [2.05, 4.69) is 20.6 Å². The molecule has 1 saturated heterocycles. The Hall–Kier alpha value is -4.28. The number of carbonyl (C=O) groups is 3. The molecule has 1 aliphatic rings. The summed E-state index contributed by atoms with van der Waals surface area (Å²) in [5.41, 5.74) is -0.207. The van der Waals surface area contributed by atoms with E-state index in [-0.39, 0.29) is 23.5 Å². The second kappa shape index (κ2) is 10.3. The number of likely N-dealkylation sites (tertiary alicyclic amines) is 1. The zero-order valence-electron chi connectivity index (χ0n) is 18.3. The molecule has 0 spiro atoms. The number of carbonyl (C=O) groups excluding carboxylic acids is 3. The van der Waals surface area contributed by atoms with E-state index in [4.69, 9.17) is 0 Å². The predicted octanol–water partition coefficient (Wildman–Crippen LogP) is 3.18. The highest BCUT2D eigenvalue weighted by Gasteiger charge is 2.26. The van der Waals surface area contributed by atoms with Crippen molar-refractivity contribution in [3.8, 4) is 0 Å². The lowest BCUT2D eigenvalue weighted by Crippen LogP contribution is -2.46. The van der Waals surface area contributed by atoms with Crippen LogP contribution in [0.5, 0.6) is 0 Å². The summed E-state index contributed by atoms with van der Waals surface area (Å²) in [6.45, 7) is 0.768. The average molecular weight is 483 g/mol. The van der Waals surface area contributed by atoms with Crippen LogP contribution < -0.4 is 10.6 Å². The quantitative estimate of drug-likeness (QED) is 0.580. The van der Waals surface area contributed by atoms with Gasteiger partial charge >= 0.3 is 0 Å². The van der Waals surface area contributed by atoms with Crippen LogP contribution in [-0.4, -0.2) is 51.7 Å². The summed E-state index contributed by atoms with van der Waals surface area (Å²) in [7, 11) is 0. The fourth-order valence-corrected chi connectivity index (χ4v) is 3.70. The number of nitrogens with one attached hydrogen (secondary N) is 2. The highest BCUT2D eigenvalue weighted by Crippen LogP contribution is 2.17. The second-order valence-corrected chi connectivity index (χ2v) is 7.88. The minimum atomic E-state index is -1.06. The van der Waals surface area contributed by atoms with Crippen LogP contribution >= 0.6 is 0 Å². The lowest BCUT2D eigenvalue weighted by Gasteiger charge is -2.32. The van der Waals surface area contributed by atoms with E-state index in [9.17, 15) is 27.6 Å². The lowest BCUT2D eigenvalue weighted by molar-refractivity contribution is 0.0697. The van der Waals surface area contributed by atoms with Gasteiger partial charge in [-0.15, -0.1) is 0 Å². The zero-order chi connectivity index (χ0) is 24.9. The Kier molecular flexibility index (Phi) is 7.04. The summed E-state index contributed by atoms with van der Waals surface area (Å²) in [6, 6.07) is 7.53. The van der Waals surface area contributed by atoms with Gasteiger partial charge in [0.1, 0.15) is 17.5 Å². The van der Waals surface area contributed by atoms with Crippen molar-refractivity contribution in [3.05, 3.63) is 89.1 Å². The van der Waals surface area contributed by atoms with Gasteiger partial charge in [-0.05, 0) is 49.2 Å². The maximum atomic E-state index is 13.9. The number of anilines is 1. The van der Waals surface area contributed by atoms with Crippen molar-refractivity contribution < 1.29 is 27.6 Å². The van der Waals surface area contributed by atoms with E-state index in [0.717, 1.165) is 12.1 Å². The number of aromatic nitrogens is 2. The van der Waals surface area contributed by atoms with Crippen LogP contribution in [0.1, 0.15) is 44.0 Å². The number of nitrogens with zero attached hydrogens (tertiary/aromatic N) is 3. The first-order valence-corrected chi connectivity index (χ1v) is 10.7. The molecule has 180 valence electrons. The van der Waals surface area contributed by atoms with Gasteiger partial charge in [-0.2, -0.15) is 0 Å². The Morgan fingerprint density at radius 3 is 2.20 bits per heavy atom. The number of hydrogen-bond donors (Lipinski definition) is 2. The maximum absolute atomic E-state index is 13.9. The van der Waals surface area contributed by atoms with Gasteiger partial charge in [0.25, 0.3) is 17.7 Å². The second-order valence-electron chi connectivity index (χ2n) is 7.88. The van der Waals surface area contributed by atoms with E-state index in [1.54, 1.807) is 4.90 Å². The SMILES string of the molecule is O=C(Nc1nccnc1C(=O)NC1CCN(C(=O)c2ccc(F)cc2)CC1)c1ccc(F)cc1F. The highest BCUT2D eigenvalue weighted by atomic mass is 19.1. The molecule has 2 N–H and O–H groups in total. The molecule has 0 unspecified atom stereocenters. The molecule has 3 aromatic rings. The maximum Gasteiger partial charge on any atom is 0.273 e. The molecular weight excluding hydrogens is 463 g/mol. The Labute approximate surface area is 198 Å². The Morgan fingerprint density at radius 1 is 0.857 bits per heavy atom. The molecule has 1 aromatic heterocycles. The van der Waals surface area contributed by atoms with Gasteiger partial charge < -0.3 is 15.5 Å². The van der Waals surface area contributed by atoms with Crippen LogP contribution in [0, 0.1) is 17.5 Å². The molecule has 3 amide bonds. The third-order valence-electron chi connectivity index (χ3n) is 5.53. The molecule has 0 bridgehead atoms. The Bertz CT molecular complexity index is 1260. The van der Waals surface area contributed by atoms with Crippen LogP contribution in [0.25, 0.3) is 0 Å². The first kappa shape index (κ1) is 23.9. The summed E-state index contributed by atoms with van der Waals surface area (Å²) < 4.78 is 40.1. The topological polar surface area (TPSA) is 104 Å². The third-order valence-corrected chi connectivity index (χ3v) is 5.53. The van der Waals surface area contributed by atoms with Crippen LogP contribution in [0.3, 0.4) is 0 Å². The van der Waals surface area contributed by atoms with Crippen molar-refractivity contribution in [1.29, 1.82) is 0 Å². The molecule has 4 rings (SSSR count). The van der Waals surface area contributed by atoms with Gasteiger partial charge in [0.2, 0.25) is 0 Å². The van der Waals surface area contributed by atoms with Gasteiger partial charge in [-0.25, -0.2) is 23.1 Å². The molecule has 0 atom stereocenters. The number of amides is 3. The van der Waals surface area contributed by atoms with Gasteiger partial charge in [0.05, 0.1) is 5.56 Å². The van der Waals surface area contributed by atoms with Crippen LogP contribution in [-0.2, 0) is 0 Å². The minimum absolute atomic E-state index is 0.173. The Balaban J connectivity index is 1.37. The Morgan fingerprint density at radius 2 is 1.51 bits per heavy atom. The predicted molar refractivity (Wildman–Crippen MR) is 119 cm³/mol. The van der Waals surface area contributed by atoms with Gasteiger partial charge in [0.15, 0.2) is 11.5 Å². The largest absolute Gasteiger partial charge is 0.348 e. The third kappa shape index (κ3) is 5.62. The smallest absolute Gasteiger partial charge is 0.273 e. The van der Waals surface area contributed by atoms with Crippen molar-refractivity contribution in [2.75, 3.05) is 18.4 Å². The molecule has 0 radical (unpaired) electrons. The van der Waals surface area contributed by atoms with Crippen molar-refractivity contribution in [2.24, 2.45) is 0 Å². The number of halogens is 3. The fourth-order valence-electron chi connectivity index (χ4n) is 3.70. The average Bonchev–Trinajstić information content (AvgIpc) is 2.85. The highest BCUT2D eigenvalue weighted by molar-refractivity contribution is 6.07. The molecule has 2 aromatic carbocycles. The van der Waals surface area contributed by atoms with Crippen molar-refractivity contribution in [2.45, 2.75) is 18.9 Å². The monoisotopic (exact) mass is 483 g/mol. The van der Waals surface area contributed by atoms with Gasteiger partial charge in [-0.3, -0.25) is 14.4 Å². The van der Waals surface area contributed by atoms with E-state index in [0.29, 0.717) is 37.6 Å². The molecule has 11 heteroatoms. The zero-order valence-corrected chi connectivity index (χ0v) is 18.3. The molecule has 1 fully saturated rings. The molecule has 0 saturated carbocycles. The first-order chi connectivity index (χ1) is 16.8. The molecule has 8 nitrogen and oxygen atoms in total. The molecule has 2 heterocycles. The summed E-state index contributed by atoms with van der Waals surface area (Å²) in [6.07, 6.45) is 3.48. The summed E-state index contributed by atoms with van der Waals surface area (Å²) in [5, 5.41) is 5.14. The van der Waals surface area contributed by atoms with E-state index in [1.165, 1.54) is 36.7 Å². The van der Waals surface area contributed by atoms with E-state index < -0.39 is 34.8 Å². The van der Waals surface area contributed by atoms with E-state index >= 15 is 0 Å². The summed E-state index contributed by atoms with van der Waals surface area (Å²) >= 11 is 0. The van der Waals surface area contributed by atoms with Crippen LogP contribution in [0.4, 0.5) is 19.0 Å². The molecule has 1 aliphatic heterocycles. The van der Waals surface area contributed by atoms with E-state index in [1.807, 2.05) is 0 Å². The summed E-state index contributed by atoms with van der Waals surface area (Å²) in [4.78, 5) is 47.4. The number of benzene rings is 2. The van der Waals surface area contributed by atoms with Gasteiger partial charge in [-0.1, -0.05) is 0 Å². The molecule has 35 heavy (non-hydrogen) atoms. The lowest BCUT2D eigenvalue weighted by atomic mass is 10.0. The molecular formula is C24H20F3N5O3. The van der Waals surface area contributed by atoms with Gasteiger partial charge in [0, 0.05) is 43.2 Å².